The third-order valence-corrected chi connectivity index (χ3v) is 2.03. The fourth-order valence-corrected chi connectivity index (χ4v) is 1.30. The van der Waals surface area contributed by atoms with Crippen LogP contribution in [0.1, 0.15) is 26.0 Å². The monoisotopic (exact) mass is 253 g/mol. The second-order valence-electron chi connectivity index (χ2n) is 4.09. The van der Waals surface area contributed by atoms with Gasteiger partial charge in [-0.3, -0.25) is 4.79 Å². The predicted octanol–water partition coefficient (Wildman–Crippen LogP) is 1.55. The molecule has 18 heavy (non-hydrogen) atoms. The highest BCUT2D eigenvalue weighted by Gasteiger charge is 2.06. The first-order chi connectivity index (χ1) is 8.51. The van der Waals surface area contributed by atoms with E-state index in [1.807, 2.05) is 20.8 Å². The molecule has 0 bridgehead atoms. The molecule has 0 radical (unpaired) electrons. The first-order valence-electron chi connectivity index (χ1n) is 5.84. The molecule has 0 atom stereocenters. The lowest BCUT2D eigenvalue weighted by molar-refractivity contribution is -0.140. The number of carbonyl (C=O) groups excluding carboxylic acids is 1. The highest BCUT2D eigenvalue weighted by molar-refractivity contribution is 5.69. The number of esters is 1. The Morgan fingerprint density at radius 3 is 2.78 bits per heavy atom. The number of nitrogens with one attached hydrogen (secondary N) is 1. The summed E-state index contributed by atoms with van der Waals surface area (Å²) in [6, 6.07) is 1.77. The van der Waals surface area contributed by atoms with Gasteiger partial charge in [0, 0.05) is 18.3 Å². The van der Waals surface area contributed by atoms with Crippen LogP contribution in [0, 0.1) is 6.92 Å². The zero-order chi connectivity index (χ0) is 13.5. The van der Waals surface area contributed by atoms with Crippen LogP contribution in [-0.4, -0.2) is 35.7 Å². The Hall–Kier alpha value is -1.85. The summed E-state index contributed by atoms with van der Waals surface area (Å²) >= 11 is 0. The second-order valence-corrected chi connectivity index (χ2v) is 4.09. The van der Waals surface area contributed by atoms with Crippen LogP contribution in [0.25, 0.3) is 0 Å². The van der Waals surface area contributed by atoms with Crippen molar-refractivity contribution in [1.29, 1.82) is 0 Å². The topological polar surface area (TPSA) is 73.3 Å². The van der Waals surface area contributed by atoms with E-state index >= 15 is 0 Å². The van der Waals surface area contributed by atoms with Crippen molar-refractivity contribution in [2.45, 2.75) is 33.3 Å². The highest BCUT2D eigenvalue weighted by atomic mass is 16.5. The smallest absolute Gasteiger partial charge is 0.307 e. The minimum absolute atomic E-state index is 0.0576. The number of ether oxygens (including phenoxy) is 2. The summed E-state index contributed by atoms with van der Waals surface area (Å²) in [6.07, 6.45) is 0.330. The number of rotatable bonds is 6. The average Bonchev–Trinajstić information content (AvgIpc) is 2.27. The number of methoxy groups -OCH3 is 1. The van der Waals surface area contributed by atoms with Gasteiger partial charge < -0.3 is 14.8 Å². The lowest BCUT2D eigenvalue weighted by Crippen LogP contribution is -2.13. The van der Waals surface area contributed by atoms with Crippen LogP contribution in [0.3, 0.4) is 0 Å². The standard InChI is InChI=1S/C12H19N3O3/c1-8(2)18-10-7-9(3)14-12(15-10)13-6-5-11(16)17-4/h7-8H,5-6H2,1-4H3,(H,13,14,15). The fourth-order valence-electron chi connectivity index (χ4n) is 1.30. The van der Waals surface area contributed by atoms with Gasteiger partial charge in [-0.05, 0) is 20.8 Å². The van der Waals surface area contributed by atoms with Gasteiger partial charge in [-0.1, -0.05) is 0 Å². The zero-order valence-electron chi connectivity index (χ0n) is 11.2. The van der Waals surface area contributed by atoms with Gasteiger partial charge in [0.2, 0.25) is 11.8 Å². The zero-order valence-corrected chi connectivity index (χ0v) is 11.2. The first kappa shape index (κ1) is 14.2. The summed E-state index contributed by atoms with van der Waals surface area (Å²) in [5.74, 6) is 0.710. The van der Waals surface area contributed by atoms with Gasteiger partial charge in [0.15, 0.2) is 0 Å². The maximum absolute atomic E-state index is 11.0. The number of aromatic nitrogens is 2. The Morgan fingerprint density at radius 1 is 1.44 bits per heavy atom. The lowest BCUT2D eigenvalue weighted by atomic mass is 10.4. The number of anilines is 1. The van der Waals surface area contributed by atoms with E-state index in [4.69, 9.17) is 4.74 Å². The predicted molar refractivity (Wildman–Crippen MR) is 67.7 cm³/mol. The van der Waals surface area contributed by atoms with E-state index in [0.29, 0.717) is 18.4 Å². The van der Waals surface area contributed by atoms with Gasteiger partial charge in [-0.25, -0.2) is 4.98 Å². The van der Waals surface area contributed by atoms with E-state index in [1.54, 1.807) is 6.07 Å². The maximum Gasteiger partial charge on any atom is 0.307 e. The van der Waals surface area contributed by atoms with E-state index in [-0.39, 0.29) is 18.5 Å². The summed E-state index contributed by atoms with van der Waals surface area (Å²) in [5.41, 5.74) is 0.807. The van der Waals surface area contributed by atoms with Crippen LogP contribution in [0.15, 0.2) is 6.07 Å². The third kappa shape index (κ3) is 4.99. The van der Waals surface area contributed by atoms with Crippen molar-refractivity contribution in [3.05, 3.63) is 11.8 Å². The number of hydrogen-bond donors (Lipinski definition) is 1. The fraction of sp³-hybridized carbons (Fsp3) is 0.583. The van der Waals surface area contributed by atoms with E-state index in [9.17, 15) is 4.79 Å². The van der Waals surface area contributed by atoms with Gasteiger partial charge in [0.25, 0.3) is 0 Å². The van der Waals surface area contributed by atoms with Crippen molar-refractivity contribution in [2.75, 3.05) is 19.0 Å². The molecule has 1 rings (SSSR count). The molecule has 6 nitrogen and oxygen atoms in total. The van der Waals surface area contributed by atoms with Crippen LogP contribution in [0.4, 0.5) is 5.95 Å². The third-order valence-electron chi connectivity index (χ3n) is 2.03. The molecular weight excluding hydrogens is 234 g/mol. The van der Waals surface area contributed by atoms with Crippen LogP contribution in [0.5, 0.6) is 5.88 Å². The Kier molecular flexibility index (Phi) is 5.35. The number of nitrogens with zero attached hydrogens (tertiary/aromatic N) is 2. The maximum atomic E-state index is 11.0. The minimum atomic E-state index is -0.270. The second kappa shape index (κ2) is 6.78. The molecule has 1 aromatic heterocycles. The van der Waals surface area contributed by atoms with Crippen molar-refractivity contribution >= 4 is 11.9 Å². The quantitative estimate of drug-likeness (QED) is 0.775. The number of aryl methyl sites for hydroxylation is 1. The molecule has 6 heteroatoms. The summed E-state index contributed by atoms with van der Waals surface area (Å²) in [4.78, 5) is 19.4. The van der Waals surface area contributed by atoms with Crippen molar-refractivity contribution in [1.82, 2.24) is 9.97 Å². The molecule has 0 fully saturated rings. The molecule has 0 aliphatic heterocycles. The van der Waals surface area contributed by atoms with Gasteiger partial charge in [0.1, 0.15) is 0 Å². The molecule has 1 N–H and O–H groups in total. The SMILES string of the molecule is COC(=O)CCNc1nc(C)cc(OC(C)C)n1. The Morgan fingerprint density at radius 2 is 2.17 bits per heavy atom. The molecule has 0 aliphatic carbocycles. The van der Waals surface area contributed by atoms with E-state index in [2.05, 4.69) is 20.0 Å². The normalized spacial score (nSPS) is 10.3. The molecule has 0 saturated carbocycles. The summed E-state index contributed by atoms with van der Waals surface area (Å²) in [6.45, 7) is 6.15. The van der Waals surface area contributed by atoms with Crippen LogP contribution >= 0.6 is 0 Å². The minimum Gasteiger partial charge on any atom is -0.475 e. The van der Waals surface area contributed by atoms with Gasteiger partial charge in [-0.2, -0.15) is 4.98 Å². The highest BCUT2D eigenvalue weighted by Crippen LogP contribution is 2.13. The largest absolute Gasteiger partial charge is 0.475 e. The molecule has 0 aliphatic rings. The lowest BCUT2D eigenvalue weighted by Gasteiger charge is -2.11. The molecule has 1 aromatic rings. The average molecular weight is 253 g/mol. The van der Waals surface area contributed by atoms with E-state index < -0.39 is 0 Å². The summed E-state index contributed by atoms with van der Waals surface area (Å²) in [5, 5.41) is 2.96. The molecule has 0 aromatic carbocycles. The first-order valence-corrected chi connectivity index (χ1v) is 5.84. The van der Waals surface area contributed by atoms with Crippen LogP contribution in [-0.2, 0) is 9.53 Å². The summed E-state index contributed by atoms with van der Waals surface area (Å²) < 4.78 is 10.0. The molecule has 0 amide bonds. The Labute approximate surface area is 107 Å². The number of hydrogen-bond acceptors (Lipinski definition) is 6. The molecular formula is C12H19N3O3. The molecule has 0 unspecified atom stereocenters. The van der Waals surface area contributed by atoms with E-state index in [1.165, 1.54) is 7.11 Å². The molecule has 100 valence electrons. The molecule has 0 spiro atoms. The van der Waals surface area contributed by atoms with Crippen LogP contribution < -0.4 is 10.1 Å². The Balaban J connectivity index is 2.59. The van der Waals surface area contributed by atoms with Crippen molar-refractivity contribution in [3.8, 4) is 5.88 Å². The van der Waals surface area contributed by atoms with Gasteiger partial charge in [-0.15, -0.1) is 0 Å². The Bertz CT molecular complexity index is 408. The van der Waals surface area contributed by atoms with Gasteiger partial charge >= 0.3 is 5.97 Å². The van der Waals surface area contributed by atoms with Crippen LogP contribution in [0.2, 0.25) is 0 Å². The molecule has 1 heterocycles. The molecule has 0 saturated heterocycles. The van der Waals surface area contributed by atoms with Gasteiger partial charge in [0.05, 0.1) is 19.6 Å². The van der Waals surface area contributed by atoms with Crippen molar-refractivity contribution in [3.63, 3.8) is 0 Å². The van der Waals surface area contributed by atoms with Crippen molar-refractivity contribution < 1.29 is 14.3 Å². The van der Waals surface area contributed by atoms with E-state index in [0.717, 1.165) is 5.69 Å². The van der Waals surface area contributed by atoms with Crippen molar-refractivity contribution in [2.24, 2.45) is 0 Å². The number of carbonyl (C=O) groups is 1. The summed E-state index contributed by atoms with van der Waals surface area (Å²) in [7, 11) is 1.36.